The van der Waals surface area contributed by atoms with Crippen LogP contribution in [0, 0.1) is 11.6 Å². The molecule has 0 aliphatic carbocycles. The van der Waals surface area contributed by atoms with Gasteiger partial charge in [0.05, 0.1) is 12.2 Å². The van der Waals surface area contributed by atoms with Crippen LogP contribution in [-0.4, -0.2) is 25.7 Å². The van der Waals surface area contributed by atoms with E-state index in [2.05, 4.69) is 0 Å². The minimum atomic E-state index is -0.451. The molecule has 3 rings (SSSR count). The van der Waals surface area contributed by atoms with E-state index in [0.29, 0.717) is 24.6 Å². The third kappa shape index (κ3) is 3.00. The van der Waals surface area contributed by atoms with Gasteiger partial charge in [-0.15, -0.1) is 0 Å². The lowest BCUT2D eigenvalue weighted by Crippen LogP contribution is -2.40. The third-order valence-electron chi connectivity index (χ3n) is 3.24. The summed E-state index contributed by atoms with van der Waals surface area (Å²) in [5.41, 5.74) is 0.374. The van der Waals surface area contributed by atoms with E-state index in [1.807, 2.05) is 0 Å². The molecular weight excluding hydrogens is 292 g/mol. The number of amides is 1. The topological polar surface area (TPSA) is 38.8 Å². The van der Waals surface area contributed by atoms with E-state index in [4.69, 9.17) is 9.47 Å². The van der Waals surface area contributed by atoms with E-state index < -0.39 is 11.6 Å². The van der Waals surface area contributed by atoms with Crippen molar-refractivity contribution >= 4 is 11.6 Å². The predicted molar refractivity (Wildman–Crippen MR) is 76.1 cm³/mol. The molecule has 0 radical (unpaired) electrons. The molecule has 1 heterocycles. The van der Waals surface area contributed by atoms with Crippen LogP contribution in [0.5, 0.6) is 11.5 Å². The van der Waals surface area contributed by atoms with Crippen molar-refractivity contribution in [2.24, 2.45) is 0 Å². The summed E-state index contributed by atoms with van der Waals surface area (Å²) < 4.78 is 37.1. The molecule has 1 aliphatic heterocycles. The molecule has 0 saturated heterocycles. The third-order valence-corrected chi connectivity index (χ3v) is 3.24. The van der Waals surface area contributed by atoms with Gasteiger partial charge in [-0.25, -0.2) is 8.78 Å². The summed E-state index contributed by atoms with van der Waals surface area (Å²) in [5.74, 6) is -0.524. The highest BCUT2D eigenvalue weighted by Gasteiger charge is 2.24. The minimum absolute atomic E-state index is 0.264. The number of hydrogen-bond donors (Lipinski definition) is 0. The van der Waals surface area contributed by atoms with Crippen LogP contribution in [0.4, 0.5) is 14.5 Å². The van der Waals surface area contributed by atoms with E-state index >= 15 is 0 Å². The van der Waals surface area contributed by atoms with Gasteiger partial charge in [0.2, 0.25) is 0 Å². The Kier molecular flexibility index (Phi) is 3.91. The smallest absolute Gasteiger partial charge is 0.265 e. The number of rotatable bonds is 3. The first-order chi connectivity index (χ1) is 10.6. The van der Waals surface area contributed by atoms with Crippen LogP contribution >= 0.6 is 0 Å². The molecule has 0 atom stereocenters. The molecule has 0 fully saturated rings. The van der Waals surface area contributed by atoms with Crippen molar-refractivity contribution in [1.29, 1.82) is 0 Å². The Morgan fingerprint density at radius 2 is 2.00 bits per heavy atom. The van der Waals surface area contributed by atoms with Gasteiger partial charge in [0.1, 0.15) is 29.7 Å². The molecule has 4 nitrogen and oxygen atoms in total. The number of carbonyl (C=O) groups excluding carboxylic acids is 1. The Hall–Kier alpha value is -2.63. The van der Waals surface area contributed by atoms with Gasteiger partial charge in [-0.2, -0.15) is 0 Å². The van der Waals surface area contributed by atoms with E-state index in [-0.39, 0.29) is 18.3 Å². The summed E-state index contributed by atoms with van der Waals surface area (Å²) in [7, 11) is 0. The molecule has 114 valence electrons. The standard InChI is InChI=1S/C16H13F2NO3/c17-11-2-1-3-13(8-11)22-10-16(20)19-6-7-21-15-5-4-12(18)9-14(15)19/h1-5,8-9H,6-7,10H2. The second-order valence-corrected chi connectivity index (χ2v) is 4.75. The van der Waals surface area contributed by atoms with E-state index in [1.165, 1.54) is 41.3 Å². The van der Waals surface area contributed by atoms with Crippen LogP contribution in [0.25, 0.3) is 0 Å². The molecule has 0 aromatic heterocycles. The number of carbonyl (C=O) groups is 1. The van der Waals surface area contributed by atoms with Gasteiger partial charge < -0.3 is 14.4 Å². The molecule has 1 aliphatic rings. The number of anilines is 1. The summed E-state index contributed by atoms with van der Waals surface area (Å²) in [6.45, 7) is 0.367. The molecule has 2 aromatic rings. The highest BCUT2D eigenvalue weighted by molar-refractivity contribution is 5.96. The Morgan fingerprint density at radius 3 is 2.82 bits per heavy atom. The fourth-order valence-corrected chi connectivity index (χ4v) is 2.23. The number of ether oxygens (including phenoxy) is 2. The molecule has 1 amide bonds. The molecule has 0 bridgehead atoms. The summed E-state index contributed by atoms with van der Waals surface area (Å²) in [4.78, 5) is 13.7. The van der Waals surface area contributed by atoms with Gasteiger partial charge in [-0.3, -0.25) is 4.79 Å². The van der Waals surface area contributed by atoms with Crippen LogP contribution in [0.15, 0.2) is 42.5 Å². The van der Waals surface area contributed by atoms with Crippen LogP contribution < -0.4 is 14.4 Å². The summed E-state index contributed by atoms with van der Waals surface area (Å²) in [6, 6.07) is 9.54. The maximum absolute atomic E-state index is 13.4. The van der Waals surface area contributed by atoms with Crippen LogP contribution in [0.3, 0.4) is 0 Å². The summed E-state index contributed by atoms with van der Waals surface area (Å²) in [6.07, 6.45) is 0. The van der Waals surface area contributed by atoms with Gasteiger partial charge >= 0.3 is 0 Å². The summed E-state index contributed by atoms with van der Waals surface area (Å²) >= 11 is 0. The van der Waals surface area contributed by atoms with Gasteiger partial charge in [0.25, 0.3) is 5.91 Å². The maximum Gasteiger partial charge on any atom is 0.265 e. The lowest BCUT2D eigenvalue weighted by atomic mass is 10.2. The zero-order valence-corrected chi connectivity index (χ0v) is 11.6. The quantitative estimate of drug-likeness (QED) is 0.875. The first-order valence-electron chi connectivity index (χ1n) is 6.74. The zero-order chi connectivity index (χ0) is 15.5. The average molecular weight is 305 g/mol. The molecule has 22 heavy (non-hydrogen) atoms. The van der Waals surface area contributed by atoms with Crippen molar-refractivity contribution in [2.75, 3.05) is 24.7 Å². The van der Waals surface area contributed by atoms with Gasteiger partial charge in [-0.1, -0.05) is 6.07 Å². The van der Waals surface area contributed by atoms with E-state index in [1.54, 1.807) is 6.07 Å². The fraction of sp³-hybridized carbons (Fsp3) is 0.188. The molecule has 0 spiro atoms. The van der Waals surface area contributed by atoms with Crippen LogP contribution in [0.2, 0.25) is 0 Å². The Balaban J connectivity index is 1.72. The van der Waals surface area contributed by atoms with Crippen molar-refractivity contribution in [2.45, 2.75) is 0 Å². The largest absolute Gasteiger partial charge is 0.490 e. The zero-order valence-electron chi connectivity index (χ0n) is 11.6. The Bertz CT molecular complexity index is 706. The SMILES string of the molecule is O=C(COc1cccc(F)c1)N1CCOc2ccc(F)cc21. The Labute approximate surface area is 125 Å². The van der Waals surface area contributed by atoms with Crippen LogP contribution in [0.1, 0.15) is 0 Å². The highest BCUT2D eigenvalue weighted by Crippen LogP contribution is 2.32. The first kappa shape index (κ1) is 14.3. The molecule has 2 aromatic carbocycles. The molecule has 0 N–H and O–H groups in total. The number of hydrogen-bond acceptors (Lipinski definition) is 3. The molecule has 0 saturated carbocycles. The molecule has 0 unspecified atom stereocenters. The maximum atomic E-state index is 13.4. The van der Waals surface area contributed by atoms with E-state index in [0.717, 1.165) is 0 Å². The monoisotopic (exact) mass is 305 g/mol. The number of nitrogens with zero attached hydrogens (tertiary/aromatic N) is 1. The van der Waals surface area contributed by atoms with E-state index in [9.17, 15) is 13.6 Å². The van der Waals surface area contributed by atoms with Crippen molar-refractivity contribution in [3.8, 4) is 11.5 Å². The second kappa shape index (κ2) is 6.01. The van der Waals surface area contributed by atoms with Crippen molar-refractivity contribution in [3.63, 3.8) is 0 Å². The van der Waals surface area contributed by atoms with Crippen molar-refractivity contribution < 1.29 is 23.0 Å². The van der Waals surface area contributed by atoms with Crippen molar-refractivity contribution in [3.05, 3.63) is 54.1 Å². The molecular formula is C16H13F2NO3. The van der Waals surface area contributed by atoms with Gasteiger partial charge in [0, 0.05) is 12.1 Å². The number of fused-ring (bicyclic) bond motifs is 1. The normalized spacial score (nSPS) is 13.3. The van der Waals surface area contributed by atoms with Gasteiger partial charge in [0.15, 0.2) is 6.61 Å². The minimum Gasteiger partial charge on any atom is -0.490 e. The second-order valence-electron chi connectivity index (χ2n) is 4.75. The number of halogens is 2. The fourth-order valence-electron chi connectivity index (χ4n) is 2.23. The lowest BCUT2D eigenvalue weighted by molar-refractivity contribution is -0.120. The average Bonchev–Trinajstić information content (AvgIpc) is 2.52. The predicted octanol–water partition coefficient (Wildman–Crippen LogP) is 2.77. The first-order valence-corrected chi connectivity index (χ1v) is 6.74. The lowest BCUT2D eigenvalue weighted by Gasteiger charge is -2.29. The Morgan fingerprint density at radius 1 is 1.18 bits per heavy atom. The van der Waals surface area contributed by atoms with Gasteiger partial charge in [-0.05, 0) is 24.3 Å². The number of benzene rings is 2. The highest BCUT2D eigenvalue weighted by atomic mass is 19.1. The summed E-state index contributed by atoms with van der Waals surface area (Å²) in [5, 5.41) is 0. The van der Waals surface area contributed by atoms with Crippen LogP contribution in [-0.2, 0) is 4.79 Å². The molecule has 6 heteroatoms. The van der Waals surface area contributed by atoms with Crippen molar-refractivity contribution in [1.82, 2.24) is 0 Å².